The number of nitrogens with zero attached hydrogens (tertiary/aromatic N) is 2. The smallest absolute Gasteiger partial charge is 0.305 e. The highest BCUT2D eigenvalue weighted by molar-refractivity contribution is 8.15. The van der Waals surface area contributed by atoms with Crippen molar-refractivity contribution in [2.75, 3.05) is 7.11 Å². The minimum absolute atomic E-state index is 0.237. The molecule has 0 saturated carbocycles. The Balaban J connectivity index is 1.48. The number of ether oxygens (including phenoxy) is 2. The molecule has 1 aliphatic heterocycles. The third kappa shape index (κ3) is 5.49. The minimum atomic E-state index is -1.05. The van der Waals surface area contributed by atoms with Crippen LogP contribution in [0.3, 0.4) is 0 Å². The second kappa shape index (κ2) is 10.6. The van der Waals surface area contributed by atoms with E-state index in [9.17, 15) is 9.59 Å². The number of rotatable bonds is 8. The van der Waals surface area contributed by atoms with E-state index in [1.165, 1.54) is 13.3 Å². The van der Waals surface area contributed by atoms with Crippen LogP contribution in [-0.4, -0.2) is 40.7 Å². The Morgan fingerprint density at radius 1 is 1.24 bits per heavy atom. The summed E-state index contributed by atoms with van der Waals surface area (Å²) in [7, 11) is 1.52. The lowest BCUT2D eigenvalue weighted by atomic mass is 10.1. The first-order valence-corrected chi connectivity index (χ1v) is 11.5. The van der Waals surface area contributed by atoms with Crippen LogP contribution < -0.4 is 14.8 Å². The van der Waals surface area contributed by atoms with Crippen molar-refractivity contribution >= 4 is 57.4 Å². The third-order valence-corrected chi connectivity index (χ3v) is 6.35. The molecule has 174 valence electrons. The first-order chi connectivity index (χ1) is 16.4. The maximum atomic E-state index is 11.8. The molecule has 34 heavy (non-hydrogen) atoms. The second-order valence-electron chi connectivity index (χ2n) is 7.30. The highest BCUT2D eigenvalue weighted by atomic mass is 35.5. The predicted octanol–water partition coefficient (Wildman–Crippen LogP) is 4.48. The summed E-state index contributed by atoms with van der Waals surface area (Å²) in [4.78, 5) is 22.6. The fourth-order valence-electron chi connectivity index (χ4n) is 3.42. The van der Waals surface area contributed by atoms with E-state index in [1.807, 2.05) is 42.5 Å². The zero-order valence-corrected chi connectivity index (χ0v) is 19.6. The number of nitrogens with one attached hydrogen (secondary N) is 1. The molecule has 1 unspecified atom stereocenters. The molecule has 1 heterocycles. The molecule has 0 bridgehead atoms. The maximum absolute atomic E-state index is 11.8. The van der Waals surface area contributed by atoms with Crippen LogP contribution in [0.5, 0.6) is 11.5 Å². The van der Waals surface area contributed by atoms with Crippen molar-refractivity contribution in [3.8, 4) is 11.5 Å². The van der Waals surface area contributed by atoms with Gasteiger partial charge in [-0.05, 0) is 28.5 Å². The predicted molar refractivity (Wildman–Crippen MR) is 133 cm³/mol. The van der Waals surface area contributed by atoms with Crippen molar-refractivity contribution < 1.29 is 24.2 Å². The first kappa shape index (κ1) is 23.6. The number of carbonyl (C=O) groups excluding carboxylic acids is 1. The molecule has 0 spiro atoms. The van der Waals surface area contributed by atoms with E-state index in [2.05, 4.69) is 15.5 Å². The lowest BCUT2D eigenvalue weighted by Gasteiger charge is -2.14. The number of carboxylic acids is 1. The molecule has 0 aliphatic carbocycles. The van der Waals surface area contributed by atoms with E-state index >= 15 is 0 Å². The van der Waals surface area contributed by atoms with E-state index in [4.69, 9.17) is 26.2 Å². The number of thioether (sulfide) groups is 1. The molecule has 1 fully saturated rings. The van der Waals surface area contributed by atoms with Crippen LogP contribution in [0.4, 0.5) is 0 Å². The molecule has 8 nitrogen and oxygen atoms in total. The Morgan fingerprint density at radius 3 is 2.82 bits per heavy atom. The number of hydrogen-bond donors (Lipinski definition) is 2. The summed E-state index contributed by atoms with van der Waals surface area (Å²) < 4.78 is 11.5. The number of halogens is 1. The van der Waals surface area contributed by atoms with Crippen molar-refractivity contribution in [3.05, 3.63) is 70.7 Å². The van der Waals surface area contributed by atoms with E-state index in [0.29, 0.717) is 28.7 Å². The van der Waals surface area contributed by atoms with Gasteiger partial charge in [0.15, 0.2) is 16.7 Å². The number of carbonyl (C=O) groups is 2. The average molecular weight is 498 g/mol. The van der Waals surface area contributed by atoms with Gasteiger partial charge in [-0.25, -0.2) is 0 Å². The Bertz CT molecular complexity index is 1310. The van der Waals surface area contributed by atoms with Gasteiger partial charge in [-0.3, -0.25) is 9.59 Å². The summed E-state index contributed by atoms with van der Waals surface area (Å²) in [6.07, 6.45) is 1.17. The molecular weight excluding hydrogens is 478 g/mol. The molecule has 0 aromatic heterocycles. The molecule has 1 aliphatic rings. The summed E-state index contributed by atoms with van der Waals surface area (Å²) in [6, 6.07) is 17.5. The number of aliphatic carboxylic acids is 1. The van der Waals surface area contributed by atoms with Gasteiger partial charge in [-0.15, -0.1) is 5.10 Å². The van der Waals surface area contributed by atoms with Crippen LogP contribution >= 0.6 is 23.4 Å². The molecule has 3 aromatic carbocycles. The van der Waals surface area contributed by atoms with Gasteiger partial charge in [0.1, 0.15) is 11.9 Å². The van der Waals surface area contributed by atoms with Gasteiger partial charge in [0.2, 0.25) is 5.91 Å². The van der Waals surface area contributed by atoms with Gasteiger partial charge in [-0.2, -0.15) is 5.10 Å². The van der Waals surface area contributed by atoms with Crippen molar-refractivity contribution in [1.82, 2.24) is 5.32 Å². The second-order valence-corrected chi connectivity index (χ2v) is 8.90. The summed E-state index contributed by atoms with van der Waals surface area (Å²) in [5.74, 6) is -0.608. The van der Waals surface area contributed by atoms with Crippen molar-refractivity contribution in [3.63, 3.8) is 0 Å². The number of hydrogen-bond acceptors (Lipinski definition) is 7. The van der Waals surface area contributed by atoms with E-state index in [1.54, 1.807) is 12.1 Å². The van der Waals surface area contributed by atoms with Gasteiger partial charge in [-0.1, -0.05) is 65.8 Å². The molecule has 10 heteroatoms. The summed E-state index contributed by atoms with van der Waals surface area (Å²) in [5.41, 5.74) is 1.63. The molecule has 1 atom stereocenters. The lowest BCUT2D eigenvalue weighted by Crippen LogP contribution is -2.26. The Morgan fingerprint density at radius 2 is 2.03 bits per heavy atom. The van der Waals surface area contributed by atoms with Gasteiger partial charge in [0.05, 0.1) is 24.8 Å². The third-order valence-electron chi connectivity index (χ3n) is 5.00. The summed E-state index contributed by atoms with van der Waals surface area (Å²) in [6.45, 7) is 0.312. The van der Waals surface area contributed by atoms with Crippen LogP contribution in [0, 0.1) is 0 Å². The Hall–Kier alpha value is -3.56. The largest absolute Gasteiger partial charge is 0.493 e. The van der Waals surface area contributed by atoms with Crippen LogP contribution in [-0.2, 0) is 16.2 Å². The molecule has 2 N–H and O–H groups in total. The van der Waals surface area contributed by atoms with Crippen molar-refractivity contribution in [2.24, 2.45) is 10.2 Å². The minimum Gasteiger partial charge on any atom is -0.493 e. The van der Waals surface area contributed by atoms with E-state index in [0.717, 1.165) is 28.1 Å². The molecule has 4 rings (SSSR count). The fourth-order valence-corrected chi connectivity index (χ4v) is 4.60. The first-order valence-electron chi connectivity index (χ1n) is 10.2. The van der Waals surface area contributed by atoms with Gasteiger partial charge in [0, 0.05) is 5.56 Å². The summed E-state index contributed by atoms with van der Waals surface area (Å²) in [5, 5.41) is 21.4. The molecule has 3 aromatic rings. The Labute approximate surface area is 204 Å². The number of fused-ring (bicyclic) bond motifs is 1. The quantitative estimate of drug-likeness (QED) is 0.351. The zero-order valence-electron chi connectivity index (χ0n) is 18.0. The van der Waals surface area contributed by atoms with Crippen LogP contribution in [0.1, 0.15) is 17.5 Å². The molecule has 0 radical (unpaired) electrons. The molecule has 1 saturated heterocycles. The van der Waals surface area contributed by atoms with Crippen molar-refractivity contribution in [2.45, 2.75) is 18.3 Å². The van der Waals surface area contributed by atoms with Gasteiger partial charge >= 0.3 is 5.97 Å². The average Bonchev–Trinajstić information content (AvgIpc) is 3.16. The fraction of sp³-hybridized carbons (Fsp3) is 0.167. The van der Waals surface area contributed by atoms with Gasteiger partial charge in [0.25, 0.3) is 0 Å². The van der Waals surface area contributed by atoms with E-state index in [-0.39, 0.29) is 11.6 Å². The zero-order chi connectivity index (χ0) is 24.1. The maximum Gasteiger partial charge on any atom is 0.305 e. The number of carboxylic acid groups (broad SMARTS) is 1. The van der Waals surface area contributed by atoms with E-state index < -0.39 is 17.1 Å². The SMILES string of the molecule is COc1cc(C=NN=C2NC(=O)C(CC(=O)O)S2)cc(Cl)c1OCc1cccc2ccccc12. The number of benzene rings is 3. The number of methoxy groups -OCH3 is 1. The standard InChI is InChI=1S/C24H20ClN3O5S/c1-32-19-10-14(12-26-28-24-27-23(31)20(34-24)11-21(29)30)9-18(25)22(19)33-13-16-7-4-6-15-5-2-3-8-17(15)16/h2-10,12,20H,11,13H2,1H3,(H,29,30)(H,27,28,31). The lowest BCUT2D eigenvalue weighted by molar-refractivity contribution is -0.138. The highest BCUT2D eigenvalue weighted by Crippen LogP contribution is 2.37. The van der Waals surface area contributed by atoms with Crippen LogP contribution in [0.2, 0.25) is 5.02 Å². The van der Waals surface area contributed by atoms with Gasteiger partial charge < -0.3 is 19.9 Å². The van der Waals surface area contributed by atoms with Crippen LogP contribution in [0.15, 0.2) is 64.8 Å². The Kier molecular flexibility index (Phi) is 7.34. The summed E-state index contributed by atoms with van der Waals surface area (Å²) >= 11 is 7.50. The number of amidine groups is 1. The van der Waals surface area contributed by atoms with Crippen LogP contribution in [0.25, 0.3) is 10.8 Å². The highest BCUT2D eigenvalue weighted by Gasteiger charge is 2.32. The monoisotopic (exact) mass is 497 g/mol. The molecular formula is C24H20ClN3O5S. The van der Waals surface area contributed by atoms with Crippen molar-refractivity contribution in [1.29, 1.82) is 0 Å². The normalized spacial score (nSPS) is 16.8. The number of amides is 1. The topological polar surface area (TPSA) is 110 Å². The molecule has 1 amide bonds.